The van der Waals surface area contributed by atoms with E-state index in [2.05, 4.69) is 19.9 Å². The molecule has 5 nitrogen and oxygen atoms in total. The van der Waals surface area contributed by atoms with Crippen molar-refractivity contribution >= 4 is 17.6 Å². The van der Waals surface area contributed by atoms with Crippen LogP contribution in [0.4, 0.5) is 5.82 Å². The third kappa shape index (κ3) is 3.16. The Morgan fingerprint density at radius 3 is 2.44 bits per heavy atom. The van der Waals surface area contributed by atoms with E-state index in [1.807, 2.05) is 33.0 Å². The highest BCUT2D eigenvalue weighted by atomic mass is 32.2. The number of nitrogens with zero attached hydrogens (tertiary/aromatic N) is 3. The van der Waals surface area contributed by atoms with Crippen molar-refractivity contribution in [3.8, 4) is 0 Å². The van der Waals surface area contributed by atoms with E-state index in [4.69, 9.17) is 5.73 Å². The molecule has 0 fully saturated rings. The molecule has 94 valence electrons. The molecule has 6 heteroatoms. The summed E-state index contributed by atoms with van der Waals surface area (Å²) in [6.07, 6.45) is 1.88. The van der Waals surface area contributed by atoms with E-state index < -0.39 is 0 Å². The lowest BCUT2D eigenvalue weighted by molar-refractivity contribution is -0.393. The lowest BCUT2D eigenvalue weighted by atomic mass is 10.3. The van der Waals surface area contributed by atoms with Gasteiger partial charge in [0.25, 0.3) is 5.82 Å². The van der Waals surface area contributed by atoms with Crippen molar-refractivity contribution in [3.05, 3.63) is 35.0 Å². The van der Waals surface area contributed by atoms with Gasteiger partial charge in [-0.25, -0.2) is 15.0 Å². The number of aromatic nitrogens is 4. The van der Waals surface area contributed by atoms with Gasteiger partial charge in [0, 0.05) is 24.1 Å². The Morgan fingerprint density at radius 1 is 1.17 bits per heavy atom. The Balaban J connectivity index is 2.11. The lowest BCUT2D eigenvalue weighted by Gasteiger charge is -2.02. The molecule has 2 aromatic rings. The summed E-state index contributed by atoms with van der Waals surface area (Å²) in [6.45, 7) is 5.81. The summed E-state index contributed by atoms with van der Waals surface area (Å²) < 4.78 is 0. The van der Waals surface area contributed by atoms with Crippen molar-refractivity contribution in [3.63, 3.8) is 0 Å². The molecule has 0 bridgehead atoms. The monoisotopic (exact) mass is 262 g/mol. The van der Waals surface area contributed by atoms with Crippen LogP contribution in [0.1, 0.15) is 22.8 Å². The first-order chi connectivity index (χ1) is 8.54. The van der Waals surface area contributed by atoms with E-state index in [9.17, 15) is 0 Å². The summed E-state index contributed by atoms with van der Waals surface area (Å²) in [5.74, 6) is 2.07. The molecule has 2 rings (SSSR count). The normalized spacial score (nSPS) is 10.6. The topological polar surface area (TPSA) is 78.8 Å². The molecule has 0 aliphatic carbocycles. The lowest BCUT2D eigenvalue weighted by Crippen LogP contribution is -2.13. The molecule has 3 N–H and O–H groups in total. The molecule has 0 unspecified atom stereocenters. The van der Waals surface area contributed by atoms with Crippen LogP contribution in [0.15, 0.2) is 17.4 Å². The molecule has 0 aliphatic rings. The summed E-state index contributed by atoms with van der Waals surface area (Å²) in [5, 5.41) is 0.771. The van der Waals surface area contributed by atoms with Crippen molar-refractivity contribution in [1.82, 2.24) is 15.0 Å². The van der Waals surface area contributed by atoms with E-state index in [1.54, 1.807) is 11.8 Å². The maximum atomic E-state index is 5.86. The summed E-state index contributed by atoms with van der Waals surface area (Å²) in [4.78, 5) is 16.0. The SMILES string of the molecule is Cc1cc(C)nc(SCc2c[nH+]c(C)nc2N)n1. The van der Waals surface area contributed by atoms with Crippen molar-refractivity contribution in [2.45, 2.75) is 31.7 Å². The minimum atomic E-state index is 0.558. The number of nitrogens with one attached hydrogen (secondary N) is 1. The zero-order valence-corrected chi connectivity index (χ0v) is 11.5. The number of hydrogen-bond donors (Lipinski definition) is 1. The van der Waals surface area contributed by atoms with Crippen molar-refractivity contribution in [2.24, 2.45) is 0 Å². The van der Waals surface area contributed by atoms with Crippen LogP contribution in [-0.2, 0) is 5.75 Å². The van der Waals surface area contributed by atoms with Gasteiger partial charge in [-0.1, -0.05) is 11.8 Å². The van der Waals surface area contributed by atoms with Crippen molar-refractivity contribution < 1.29 is 4.98 Å². The molecule has 0 radical (unpaired) electrons. The smallest absolute Gasteiger partial charge is 0.295 e. The standard InChI is InChI=1S/C12H15N5S/c1-7-4-8(2)16-12(15-7)18-6-10-5-14-9(3)17-11(10)13/h4-5H,6H2,1-3H3,(H2,13,14,17)/p+1. The molecule has 0 amide bonds. The fourth-order valence-corrected chi connectivity index (χ4v) is 2.50. The number of nitrogen functional groups attached to an aromatic ring is 1. The Labute approximate surface area is 110 Å². The van der Waals surface area contributed by atoms with Crippen LogP contribution in [-0.4, -0.2) is 15.0 Å². The average molecular weight is 262 g/mol. The molecule has 18 heavy (non-hydrogen) atoms. The molecule has 2 heterocycles. The third-order valence-electron chi connectivity index (χ3n) is 2.39. The number of hydrogen-bond acceptors (Lipinski definition) is 5. The minimum Gasteiger partial charge on any atom is -0.363 e. The summed E-state index contributed by atoms with van der Waals surface area (Å²) in [5.41, 5.74) is 8.78. The molecule has 0 atom stereocenters. The van der Waals surface area contributed by atoms with Gasteiger partial charge in [0.05, 0.1) is 11.8 Å². The van der Waals surface area contributed by atoms with E-state index in [1.165, 1.54) is 0 Å². The van der Waals surface area contributed by atoms with Crippen molar-refractivity contribution in [1.29, 1.82) is 0 Å². The fraction of sp³-hybridized carbons (Fsp3) is 0.333. The number of rotatable bonds is 3. The van der Waals surface area contributed by atoms with Gasteiger partial charge in [0.2, 0.25) is 5.82 Å². The number of H-pyrrole nitrogens is 1. The number of thioether (sulfide) groups is 1. The van der Waals surface area contributed by atoms with E-state index in [-0.39, 0.29) is 0 Å². The van der Waals surface area contributed by atoms with Crippen LogP contribution in [0.5, 0.6) is 0 Å². The second-order valence-electron chi connectivity index (χ2n) is 4.12. The quantitative estimate of drug-likeness (QED) is 0.669. The predicted molar refractivity (Wildman–Crippen MR) is 71.0 cm³/mol. The summed E-state index contributed by atoms with van der Waals surface area (Å²) >= 11 is 1.56. The highest BCUT2D eigenvalue weighted by molar-refractivity contribution is 7.98. The first-order valence-corrected chi connectivity index (χ1v) is 6.62. The average Bonchev–Trinajstić information content (AvgIpc) is 2.26. The summed E-state index contributed by atoms with van der Waals surface area (Å²) in [6, 6.07) is 1.96. The maximum Gasteiger partial charge on any atom is 0.295 e. The molecule has 0 aliphatic heterocycles. The molecule has 0 saturated heterocycles. The van der Waals surface area contributed by atoms with Crippen LogP contribution in [0.2, 0.25) is 0 Å². The Morgan fingerprint density at radius 2 is 1.83 bits per heavy atom. The minimum absolute atomic E-state index is 0.558. The van der Waals surface area contributed by atoms with Gasteiger partial charge in [0.15, 0.2) is 5.16 Å². The Kier molecular flexibility index (Phi) is 3.76. The maximum absolute atomic E-state index is 5.86. The predicted octanol–water partition coefficient (Wildman–Crippen LogP) is 1.49. The number of anilines is 1. The largest absolute Gasteiger partial charge is 0.363 e. The first kappa shape index (κ1) is 12.8. The molecular weight excluding hydrogens is 246 g/mol. The van der Waals surface area contributed by atoms with Crippen LogP contribution in [0.3, 0.4) is 0 Å². The fourth-order valence-electron chi connectivity index (χ4n) is 1.57. The van der Waals surface area contributed by atoms with Crippen LogP contribution >= 0.6 is 11.8 Å². The van der Waals surface area contributed by atoms with Gasteiger partial charge in [-0.2, -0.15) is 0 Å². The van der Waals surface area contributed by atoms with Crippen LogP contribution in [0.25, 0.3) is 0 Å². The van der Waals surface area contributed by atoms with Crippen LogP contribution in [0, 0.1) is 20.8 Å². The Bertz CT molecular complexity index is 550. The zero-order valence-electron chi connectivity index (χ0n) is 10.7. The molecular formula is C12H16N5S+. The Hall–Kier alpha value is -1.69. The zero-order chi connectivity index (χ0) is 13.1. The highest BCUT2D eigenvalue weighted by Gasteiger charge is 2.10. The van der Waals surface area contributed by atoms with Gasteiger partial charge in [-0.05, 0) is 24.9 Å². The van der Waals surface area contributed by atoms with E-state index >= 15 is 0 Å². The van der Waals surface area contributed by atoms with Gasteiger partial charge < -0.3 is 5.73 Å². The number of nitrogens with two attached hydrogens (primary N) is 1. The van der Waals surface area contributed by atoms with Gasteiger partial charge in [0.1, 0.15) is 0 Å². The second kappa shape index (κ2) is 5.30. The third-order valence-corrected chi connectivity index (χ3v) is 3.29. The van der Waals surface area contributed by atoms with E-state index in [0.29, 0.717) is 11.6 Å². The van der Waals surface area contributed by atoms with Gasteiger partial charge >= 0.3 is 0 Å². The molecule has 0 aromatic carbocycles. The first-order valence-electron chi connectivity index (χ1n) is 5.63. The molecule has 0 saturated carbocycles. The number of aryl methyl sites for hydroxylation is 3. The second-order valence-corrected chi connectivity index (χ2v) is 5.06. The summed E-state index contributed by atoms with van der Waals surface area (Å²) in [7, 11) is 0. The number of aromatic amines is 1. The molecule has 0 spiro atoms. The van der Waals surface area contributed by atoms with Gasteiger partial charge in [-0.3, -0.25) is 0 Å². The van der Waals surface area contributed by atoms with E-state index in [0.717, 1.165) is 27.9 Å². The van der Waals surface area contributed by atoms with Crippen LogP contribution < -0.4 is 10.7 Å². The van der Waals surface area contributed by atoms with Crippen molar-refractivity contribution in [2.75, 3.05) is 5.73 Å². The molecule has 2 aromatic heterocycles. The van der Waals surface area contributed by atoms with Gasteiger partial charge in [-0.15, -0.1) is 0 Å². The highest BCUT2D eigenvalue weighted by Crippen LogP contribution is 2.21.